The summed E-state index contributed by atoms with van der Waals surface area (Å²) in [5.41, 5.74) is 0.428. The molecule has 0 spiro atoms. The number of rotatable bonds is 6. The highest BCUT2D eigenvalue weighted by Crippen LogP contribution is 2.48. The standard InChI is InChI=1S/C14H22BrNS/c1-10(2)16-9-14(3,11-4-5-11)8-13-12(15)6-7-17-13/h6-7,10-11,16H,4-5,8-9H2,1-3H3. The summed E-state index contributed by atoms with van der Waals surface area (Å²) < 4.78 is 1.29. The van der Waals surface area contributed by atoms with Gasteiger partial charge in [0.25, 0.3) is 0 Å². The third kappa shape index (κ3) is 3.55. The van der Waals surface area contributed by atoms with E-state index in [-0.39, 0.29) is 0 Å². The van der Waals surface area contributed by atoms with Crippen molar-refractivity contribution in [2.75, 3.05) is 6.54 Å². The first-order valence-corrected chi connectivity index (χ1v) is 8.14. The van der Waals surface area contributed by atoms with Crippen LogP contribution in [0.15, 0.2) is 15.9 Å². The van der Waals surface area contributed by atoms with E-state index in [0.717, 1.165) is 12.5 Å². The van der Waals surface area contributed by atoms with Crippen molar-refractivity contribution in [1.82, 2.24) is 5.32 Å². The van der Waals surface area contributed by atoms with E-state index in [1.165, 1.54) is 28.6 Å². The van der Waals surface area contributed by atoms with E-state index in [4.69, 9.17) is 0 Å². The minimum absolute atomic E-state index is 0.428. The van der Waals surface area contributed by atoms with Crippen LogP contribution in [0.1, 0.15) is 38.5 Å². The first kappa shape index (κ1) is 13.6. The van der Waals surface area contributed by atoms with Crippen molar-refractivity contribution in [2.24, 2.45) is 11.3 Å². The lowest BCUT2D eigenvalue weighted by atomic mass is 9.80. The Balaban J connectivity index is 2.03. The second kappa shape index (κ2) is 5.41. The maximum absolute atomic E-state index is 3.66. The molecule has 17 heavy (non-hydrogen) atoms. The Morgan fingerprint density at radius 1 is 1.53 bits per heavy atom. The van der Waals surface area contributed by atoms with Crippen molar-refractivity contribution in [1.29, 1.82) is 0 Å². The predicted octanol–water partition coefficient (Wildman–Crippen LogP) is 4.47. The molecule has 0 bridgehead atoms. The zero-order chi connectivity index (χ0) is 12.5. The van der Waals surface area contributed by atoms with Crippen LogP contribution in [0.2, 0.25) is 0 Å². The zero-order valence-electron chi connectivity index (χ0n) is 10.9. The summed E-state index contributed by atoms with van der Waals surface area (Å²) >= 11 is 5.54. The molecule has 0 amide bonds. The second-order valence-electron chi connectivity index (χ2n) is 5.83. The zero-order valence-corrected chi connectivity index (χ0v) is 13.3. The van der Waals surface area contributed by atoms with Gasteiger partial charge in [-0.25, -0.2) is 0 Å². The van der Waals surface area contributed by atoms with Gasteiger partial charge in [-0.15, -0.1) is 11.3 Å². The second-order valence-corrected chi connectivity index (χ2v) is 7.69. The topological polar surface area (TPSA) is 12.0 Å². The average Bonchev–Trinajstić information content (AvgIpc) is 3.04. The van der Waals surface area contributed by atoms with Crippen LogP contribution in [0.5, 0.6) is 0 Å². The van der Waals surface area contributed by atoms with Gasteiger partial charge in [0.05, 0.1) is 0 Å². The number of hydrogen-bond acceptors (Lipinski definition) is 2. The van der Waals surface area contributed by atoms with Gasteiger partial charge >= 0.3 is 0 Å². The summed E-state index contributed by atoms with van der Waals surface area (Å²) in [5.74, 6) is 0.919. The number of thiophene rings is 1. The third-order valence-electron chi connectivity index (χ3n) is 3.73. The molecule has 0 aromatic carbocycles. The van der Waals surface area contributed by atoms with E-state index in [1.807, 2.05) is 11.3 Å². The lowest BCUT2D eigenvalue weighted by Gasteiger charge is -2.31. The van der Waals surface area contributed by atoms with Gasteiger partial charge in [-0.3, -0.25) is 0 Å². The normalized spacial score (nSPS) is 19.6. The Labute approximate surface area is 117 Å². The van der Waals surface area contributed by atoms with Gasteiger partial charge in [-0.05, 0) is 58.0 Å². The quantitative estimate of drug-likeness (QED) is 0.816. The molecule has 1 saturated carbocycles. The maximum Gasteiger partial charge on any atom is 0.0314 e. The molecular weight excluding hydrogens is 294 g/mol. The molecule has 1 heterocycles. The van der Waals surface area contributed by atoms with Crippen LogP contribution in [0, 0.1) is 11.3 Å². The van der Waals surface area contributed by atoms with Gasteiger partial charge in [0.15, 0.2) is 0 Å². The smallest absolute Gasteiger partial charge is 0.0314 e. The molecule has 1 fully saturated rings. The molecule has 1 aromatic rings. The predicted molar refractivity (Wildman–Crippen MR) is 79.7 cm³/mol. The van der Waals surface area contributed by atoms with Crippen molar-refractivity contribution in [2.45, 2.75) is 46.1 Å². The highest BCUT2D eigenvalue weighted by atomic mass is 79.9. The number of hydrogen-bond donors (Lipinski definition) is 1. The fourth-order valence-electron chi connectivity index (χ4n) is 2.39. The highest BCUT2D eigenvalue weighted by molar-refractivity contribution is 9.10. The Hall–Kier alpha value is 0.140. The molecule has 1 aromatic heterocycles. The van der Waals surface area contributed by atoms with Crippen molar-refractivity contribution in [3.05, 3.63) is 20.8 Å². The third-order valence-corrected chi connectivity index (χ3v) is 5.66. The Morgan fingerprint density at radius 3 is 2.71 bits per heavy atom. The molecule has 2 rings (SSSR count). The molecule has 0 aliphatic heterocycles. The summed E-state index contributed by atoms with van der Waals surface area (Å²) in [5, 5.41) is 5.81. The van der Waals surface area contributed by atoms with Crippen LogP contribution in [-0.4, -0.2) is 12.6 Å². The van der Waals surface area contributed by atoms with Crippen LogP contribution in [0.3, 0.4) is 0 Å². The van der Waals surface area contributed by atoms with E-state index in [9.17, 15) is 0 Å². The number of nitrogens with one attached hydrogen (secondary N) is 1. The molecule has 0 radical (unpaired) electrons. The fraction of sp³-hybridized carbons (Fsp3) is 0.714. The van der Waals surface area contributed by atoms with Crippen LogP contribution >= 0.6 is 27.3 Å². The summed E-state index contributed by atoms with van der Waals surface area (Å²) in [6.07, 6.45) is 4.04. The fourth-order valence-corrected chi connectivity index (χ4v) is 4.08. The molecule has 1 atom stereocenters. The molecule has 1 aliphatic carbocycles. The largest absolute Gasteiger partial charge is 0.314 e. The van der Waals surface area contributed by atoms with E-state index in [0.29, 0.717) is 11.5 Å². The SMILES string of the molecule is CC(C)NCC(C)(Cc1sccc1Br)C1CC1. The molecule has 3 heteroatoms. The molecule has 0 saturated heterocycles. The van der Waals surface area contributed by atoms with Gasteiger partial charge in [-0.1, -0.05) is 20.8 Å². The first-order valence-electron chi connectivity index (χ1n) is 6.46. The Kier molecular flexibility index (Phi) is 4.32. The van der Waals surface area contributed by atoms with E-state index in [2.05, 4.69) is 53.5 Å². The lowest BCUT2D eigenvalue weighted by Crippen LogP contribution is -2.38. The van der Waals surface area contributed by atoms with E-state index < -0.39 is 0 Å². The molecule has 1 unspecified atom stereocenters. The summed E-state index contributed by atoms with van der Waals surface area (Å²) in [7, 11) is 0. The molecule has 96 valence electrons. The molecular formula is C14H22BrNS. The molecule has 1 N–H and O–H groups in total. The van der Waals surface area contributed by atoms with Crippen LogP contribution in [0.25, 0.3) is 0 Å². The Bertz CT molecular complexity index is 370. The maximum atomic E-state index is 3.66. The van der Waals surface area contributed by atoms with Crippen LogP contribution in [0.4, 0.5) is 0 Å². The molecule has 1 nitrogen and oxygen atoms in total. The highest BCUT2D eigenvalue weighted by Gasteiger charge is 2.41. The van der Waals surface area contributed by atoms with Crippen LogP contribution < -0.4 is 5.32 Å². The minimum atomic E-state index is 0.428. The summed E-state index contributed by atoms with van der Waals surface area (Å²) in [6.45, 7) is 8.05. The lowest BCUT2D eigenvalue weighted by molar-refractivity contribution is 0.250. The van der Waals surface area contributed by atoms with Crippen molar-refractivity contribution < 1.29 is 0 Å². The van der Waals surface area contributed by atoms with Gasteiger partial charge in [0.2, 0.25) is 0 Å². The first-order chi connectivity index (χ1) is 8.01. The summed E-state index contributed by atoms with van der Waals surface area (Å²) in [4.78, 5) is 1.50. The number of halogens is 1. The van der Waals surface area contributed by atoms with Gasteiger partial charge in [-0.2, -0.15) is 0 Å². The van der Waals surface area contributed by atoms with Crippen molar-refractivity contribution in [3.8, 4) is 0 Å². The van der Waals surface area contributed by atoms with Gasteiger partial charge < -0.3 is 5.32 Å². The monoisotopic (exact) mass is 315 g/mol. The minimum Gasteiger partial charge on any atom is -0.314 e. The van der Waals surface area contributed by atoms with Crippen molar-refractivity contribution >= 4 is 27.3 Å². The average molecular weight is 316 g/mol. The Morgan fingerprint density at radius 2 is 2.24 bits per heavy atom. The van der Waals surface area contributed by atoms with E-state index >= 15 is 0 Å². The van der Waals surface area contributed by atoms with Crippen LogP contribution in [-0.2, 0) is 6.42 Å². The van der Waals surface area contributed by atoms with E-state index in [1.54, 1.807) is 0 Å². The van der Waals surface area contributed by atoms with Crippen molar-refractivity contribution in [3.63, 3.8) is 0 Å². The summed E-state index contributed by atoms with van der Waals surface area (Å²) in [6, 6.07) is 2.75. The van der Waals surface area contributed by atoms with Gasteiger partial charge in [0.1, 0.15) is 0 Å². The van der Waals surface area contributed by atoms with Gasteiger partial charge in [0, 0.05) is 21.9 Å². The molecule has 1 aliphatic rings.